The number of carbonyl (C=O) groups is 5. The molecule has 0 saturated carbocycles. The van der Waals surface area contributed by atoms with E-state index in [0.717, 1.165) is 0 Å². The van der Waals surface area contributed by atoms with Crippen LogP contribution in [-0.4, -0.2) is 74.8 Å². The van der Waals surface area contributed by atoms with E-state index in [4.69, 9.17) is 31.4 Å². The number of esters is 1. The van der Waals surface area contributed by atoms with Gasteiger partial charge >= 0.3 is 5.97 Å². The molecule has 0 atom stereocenters. The second kappa shape index (κ2) is 17.8. The quantitative estimate of drug-likeness (QED) is 0.0366. The third-order valence-electron chi connectivity index (χ3n) is 5.19. The minimum absolute atomic E-state index is 0.154. The molecule has 42 heavy (non-hydrogen) atoms. The first kappa shape index (κ1) is 36.1. The van der Waals surface area contributed by atoms with Crippen LogP contribution < -0.4 is 27.3 Å². The SMILES string of the molecule is NC(=O)CCOCC(COCCC(N)=O)(COCCC(N)=O)NC(=O)CCCC(=O)Oc1c(F)c(F)c(F)c(F)c1F. The van der Waals surface area contributed by atoms with Gasteiger partial charge in [-0.2, -0.15) is 8.78 Å². The molecule has 0 aliphatic carbocycles. The van der Waals surface area contributed by atoms with Crippen LogP contribution in [0.15, 0.2) is 0 Å². The highest BCUT2D eigenvalue weighted by Gasteiger charge is 2.34. The van der Waals surface area contributed by atoms with Gasteiger partial charge in [0.25, 0.3) is 0 Å². The Morgan fingerprint density at radius 1 is 0.595 bits per heavy atom. The Morgan fingerprint density at radius 2 is 0.976 bits per heavy atom. The number of halogens is 5. The van der Waals surface area contributed by atoms with Crippen LogP contribution in [0, 0.1) is 29.1 Å². The number of nitrogens with two attached hydrogens (primary N) is 3. The highest BCUT2D eigenvalue weighted by molar-refractivity contribution is 5.78. The molecule has 1 rings (SSSR count). The summed E-state index contributed by atoms with van der Waals surface area (Å²) >= 11 is 0. The average Bonchev–Trinajstić information content (AvgIpc) is 2.91. The van der Waals surface area contributed by atoms with Crippen molar-refractivity contribution in [2.75, 3.05) is 39.6 Å². The molecule has 1 aromatic rings. The zero-order valence-corrected chi connectivity index (χ0v) is 22.3. The zero-order valence-electron chi connectivity index (χ0n) is 22.3. The third kappa shape index (κ3) is 12.7. The van der Waals surface area contributed by atoms with Crippen molar-refractivity contribution in [2.24, 2.45) is 17.2 Å². The van der Waals surface area contributed by atoms with Crippen molar-refractivity contribution in [1.29, 1.82) is 0 Å². The van der Waals surface area contributed by atoms with Gasteiger partial charge in [-0.25, -0.2) is 13.2 Å². The van der Waals surface area contributed by atoms with Gasteiger partial charge in [0.05, 0.1) is 39.6 Å². The second-order valence-corrected chi connectivity index (χ2v) is 8.86. The molecule has 18 heteroatoms. The van der Waals surface area contributed by atoms with Gasteiger partial charge in [0.2, 0.25) is 58.5 Å². The fourth-order valence-corrected chi connectivity index (χ4v) is 3.14. The lowest BCUT2D eigenvalue weighted by molar-refractivity contribution is -0.135. The van der Waals surface area contributed by atoms with Crippen LogP contribution in [0.5, 0.6) is 5.75 Å². The number of ether oxygens (including phenoxy) is 4. The van der Waals surface area contributed by atoms with Gasteiger partial charge in [-0.05, 0) is 6.42 Å². The number of amides is 4. The Hall–Kier alpha value is -3.90. The van der Waals surface area contributed by atoms with Crippen molar-refractivity contribution in [1.82, 2.24) is 5.32 Å². The molecular weight excluding hydrogens is 583 g/mol. The van der Waals surface area contributed by atoms with Crippen LogP contribution >= 0.6 is 0 Å². The van der Waals surface area contributed by atoms with Gasteiger partial charge in [0.15, 0.2) is 0 Å². The molecule has 4 amide bonds. The van der Waals surface area contributed by atoms with Crippen LogP contribution in [0.1, 0.15) is 38.5 Å². The van der Waals surface area contributed by atoms with Crippen LogP contribution in [0.4, 0.5) is 22.0 Å². The van der Waals surface area contributed by atoms with E-state index in [-0.39, 0.29) is 65.3 Å². The van der Waals surface area contributed by atoms with Crippen molar-refractivity contribution in [3.8, 4) is 5.75 Å². The minimum atomic E-state index is -2.43. The summed E-state index contributed by atoms with van der Waals surface area (Å²) in [7, 11) is 0. The zero-order chi connectivity index (χ0) is 31.9. The van der Waals surface area contributed by atoms with Gasteiger partial charge < -0.3 is 41.5 Å². The summed E-state index contributed by atoms with van der Waals surface area (Å²) in [5.41, 5.74) is 13.8. The maximum atomic E-state index is 13.7. The maximum absolute atomic E-state index is 13.7. The molecule has 0 fully saturated rings. The normalized spacial score (nSPS) is 11.3. The first-order valence-corrected chi connectivity index (χ1v) is 12.3. The number of hydrogen-bond acceptors (Lipinski definition) is 9. The van der Waals surface area contributed by atoms with Crippen molar-refractivity contribution >= 4 is 29.6 Å². The Balaban J connectivity index is 2.90. The number of nitrogens with one attached hydrogen (secondary N) is 1. The third-order valence-corrected chi connectivity index (χ3v) is 5.19. The molecule has 0 saturated heterocycles. The molecule has 1 aromatic carbocycles. The maximum Gasteiger partial charge on any atom is 0.311 e. The smallest absolute Gasteiger partial charge is 0.311 e. The van der Waals surface area contributed by atoms with E-state index in [1.54, 1.807) is 0 Å². The van der Waals surface area contributed by atoms with E-state index in [1.165, 1.54) is 0 Å². The van der Waals surface area contributed by atoms with Crippen molar-refractivity contribution in [2.45, 2.75) is 44.1 Å². The van der Waals surface area contributed by atoms with Crippen molar-refractivity contribution in [3.05, 3.63) is 29.1 Å². The molecule has 0 bridgehead atoms. The first-order chi connectivity index (χ1) is 19.7. The van der Waals surface area contributed by atoms with Crippen LogP contribution in [0.2, 0.25) is 0 Å². The van der Waals surface area contributed by atoms with Gasteiger partial charge in [0.1, 0.15) is 5.54 Å². The molecular formula is C24H31F5N4O9. The van der Waals surface area contributed by atoms with Crippen LogP contribution in [0.25, 0.3) is 0 Å². The summed E-state index contributed by atoms with van der Waals surface area (Å²) in [5.74, 6) is -17.6. The van der Waals surface area contributed by atoms with Gasteiger partial charge in [-0.15, -0.1) is 0 Å². The van der Waals surface area contributed by atoms with Crippen molar-refractivity contribution in [3.63, 3.8) is 0 Å². The lowest BCUT2D eigenvalue weighted by atomic mass is 10.0. The lowest BCUT2D eigenvalue weighted by Crippen LogP contribution is -2.58. The summed E-state index contributed by atoms with van der Waals surface area (Å²) < 4.78 is 87.9. The fraction of sp³-hybridized carbons (Fsp3) is 0.542. The minimum Gasteiger partial charge on any atom is -0.420 e. The summed E-state index contributed by atoms with van der Waals surface area (Å²) in [4.78, 5) is 57.8. The molecule has 0 radical (unpaired) electrons. The van der Waals surface area contributed by atoms with Crippen LogP contribution in [0.3, 0.4) is 0 Å². The largest absolute Gasteiger partial charge is 0.420 e. The number of carbonyl (C=O) groups excluding carboxylic acids is 5. The number of benzene rings is 1. The van der Waals surface area contributed by atoms with E-state index < -0.39 is 82.8 Å². The molecule has 7 N–H and O–H groups in total. The monoisotopic (exact) mass is 614 g/mol. The Labute approximate surface area is 236 Å². The second-order valence-electron chi connectivity index (χ2n) is 8.86. The molecule has 0 aromatic heterocycles. The summed E-state index contributed by atoms with van der Waals surface area (Å²) in [6, 6.07) is 0. The van der Waals surface area contributed by atoms with E-state index in [9.17, 15) is 45.9 Å². The lowest BCUT2D eigenvalue weighted by Gasteiger charge is -2.34. The summed E-state index contributed by atoms with van der Waals surface area (Å²) in [5, 5.41) is 2.58. The predicted octanol–water partition coefficient (Wildman–Crippen LogP) is -0.0112. The highest BCUT2D eigenvalue weighted by atomic mass is 19.2. The summed E-state index contributed by atoms with van der Waals surface area (Å²) in [6.07, 6.45) is -1.89. The topological polar surface area (TPSA) is 212 Å². The molecule has 0 aliphatic rings. The van der Waals surface area contributed by atoms with Gasteiger partial charge in [-0.3, -0.25) is 24.0 Å². The molecule has 13 nitrogen and oxygen atoms in total. The molecule has 0 heterocycles. The molecule has 0 spiro atoms. The van der Waals surface area contributed by atoms with Gasteiger partial charge in [0, 0.05) is 32.1 Å². The highest BCUT2D eigenvalue weighted by Crippen LogP contribution is 2.29. The van der Waals surface area contributed by atoms with Crippen LogP contribution in [-0.2, 0) is 38.2 Å². The number of hydrogen-bond donors (Lipinski definition) is 4. The number of primary amides is 3. The first-order valence-electron chi connectivity index (χ1n) is 12.3. The van der Waals surface area contributed by atoms with E-state index in [1.807, 2.05) is 0 Å². The standard InChI is InChI=1S/C24H31F5N4O9/c25-18-19(26)21(28)23(22(29)20(18)27)42-17(38)3-1-2-16(37)33-24(10-39-7-4-13(30)34,11-40-8-5-14(31)35)12-41-9-6-15(32)36/h1-12H2,(H2,30,34)(H2,31,35)(H2,32,36)(H,33,37). The molecule has 0 aliphatic heterocycles. The van der Waals surface area contributed by atoms with Crippen molar-refractivity contribution < 1.29 is 64.9 Å². The fourth-order valence-electron chi connectivity index (χ4n) is 3.14. The van der Waals surface area contributed by atoms with Gasteiger partial charge in [-0.1, -0.05) is 0 Å². The Kier molecular flexibility index (Phi) is 15.3. The molecule has 0 unspecified atom stereocenters. The number of rotatable bonds is 21. The Morgan fingerprint density at radius 3 is 1.36 bits per heavy atom. The van der Waals surface area contributed by atoms with E-state index >= 15 is 0 Å². The predicted molar refractivity (Wildman–Crippen MR) is 130 cm³/mol. The Bertz CT molecular complexity index is 1060. The van der Waals surface area contributed by atoms with E-state index in [0.29, 0.717) is 0 Å². The molecule has 236 valence electrons. The van der Waals surface area contributed by atoms with E-state index in [2.05, 4.69) is 10.1 Å². The summed E-state index contributed by atoms with van der Waals surface area (Å²) in [6.45, 7) is -1.42. The average molecular weight is 615 g/mol.